The lowest BCUT2D eigenvalue weighted by molar-refractivity contribution is 1.51. The molecule has 0 saturated carbocycles. The molecular formula is C10H10ClN. The van der Waals surface area contributed by atoms with Crippen LogP contribution in [-0.4, -0.2) is 0 Å². The van der Waals surface area contributed by atoms with Gasteiger partial charge >= 0.3 is 0 Å². The van der Waals surface area contributed by atoms with Gasteiger partial charge < -0.3 is 5.73 Å². The Kier molecular flexibility index (Phi) is 2.94. The number of benzene rings is 1. The first kappa shape index (κ1) is 8.88. The highest BCUT2D eigenvalue weighted by atomic mass is 35.5. The fourth-order valence-electron chi connectivity index (χ4n) is 0.883. The molecule has 0 aliphatic rings. The highest BCUT2D eigenvalue weighted by molar-refractivity contribution is 6.31. The highest BCUT2D eigenvalue weighted by Gasteiger charge is 1.93. The Labute approximate surface area is 77.2 Å². The van der Waals surface area contributed by atoms with E-state index >= 15 is 0 Å². The number of hydrogen-bond donors (Lipinski definition) is 1. The Balaban J connectivity index is 2.93. The lowest BCUT2D eigenvalue weighted by Crippen LogP contribution is -1.95. The van der Waals surface area contributed by atoms with Crippen molar-refractivity contribution in [2.75, 3.05) is 0 Å². The van der Waals surface area contributed by atoms with Crippen LogP contribution in [0.15, 0.2) is 48.0 Å². The molecule has 0 bridgehead atoms. The van der Waals surface area contributed by atoms with Crippen LogP contribution < -0.4 is 5.73 Å². The van der Waals surface area contributed by atoms with Crippen LogP contribution in [0.1, 0.15) is 5.56 Å². The summed E-state index contributed by atoms with van der Waals surface area (Å²) in [5, 5.41) is 0.441. The smallest absolute Gasteiger partial charge is 0.0402 e. The minimum atomic E-state index is 0.441. The van der Waals surface area contributed by atoms with Gasteiger partial charge in [0.15, 0.2) is 0 Å². The minimum Gasteiger partial charge on any atom is -0.398 e. The Morgan fingerprint density at radius 1 is 1.33 bits per heavy atom. The van der Waals surface area contributed by atoms with E-state index < -0.39 is 0 Å². The lowest BCUT2D eigenvalue weighted by atomic mass is 10.1. The predicted octanol–water partition coefficient (Wildman–Crippen LogP) is 2.74. The fourth-order valence-corrected chi connectivity index (χ4v) is 1.00. The SMILES string of the molecule is C=C(Cl)C=C(N)c1ccccc1. The normalized spacial score (nSPS) is 11.2. The number of halogens is 1. The molecule has 0 heterocycles. The van der Waals surface area contributed by atoms with E-state index in [-0.39, 0.29) is 0 Å². The van der Waals surface area contributed by atoms with Crippen molar-refractivity contribution < 1.29 is 0 Å². The van der Waals surface area contributed by atoms with Crippen molar-refractivity contribution in [2.45, 2.75) is 0 Å². The second kappa shape index (κ2) is 3.98. The van der Waals surface area contributed by atoms with E-state index in [0.29, 0.717) is 10.7 Å². The maximum atomic E-state index is 5.71. The molecular weight excluding hydrogens is 170 g/mol. The summed E-state index contributed by atoms with van der Waals surface area (Å²) in [5.41, 5.74) is 7.30. The maximum Gasteiger partial charge on any atom is 0.0402 e. The van der Waals surface area contributed by atoms with Crippen molar-refractivity contribution in [1.29, 1.82) is 0 Å². The Bertz CT molecular complexity index is 301. The van der Waals surface area contributed by atoms with Crippen molar-refractivity contribution in [3.05, 3.63) is 53.6 Å². The molecule has 1 aromatic rings. The number of nitrogens with two attached hydrogens (primary N) is 1. The molecule has 0 aliphatic heterocycles. The van der Waals surface area contributed by atoms with E-state index in [2.05, 4.69) is 6.58 Å². The molecule has 0 aliphatic carbocycles. The number of rotatable bonds is 2. The van der Waals surface area contributed by atoms with Gasteiger partial charge in [0.1, 0.15) is 0 Å². The van der Waals surface area contributed by atoms with Gasteiger partial charge in [-0.25, -0.2) is 0 Å². The number of hydrogen-bond acceptors (Lipinski definition) is 1. The maximum absolute atomic E-state index is 5.71. The minimum absolute atomic E-state index is 0.441. The van der Waals surface area contributed by atoms with Crippen LogP contribution >= 0.6 is 11.6 Å². The molecule has 0 fully saturated rings. The van der Waals surface area contributed by atoms with E-state index in [1.54, 1.807) is 6.08 Å². The van der Waals surface area contributed by atoms with Crippen LogP contribution in [-0.2, 0) is 0 Å². The predicted molar refractivity (Wildman–Crippen MR) is 53.6 cm³/mol. The molecule has 12 heavy (non-hydrogen) atoms. The molecule has 1 aromatic carbocycles. The second-order valence-electron chi connectivity index (χ2n) is 2.41. The van der Waals surface area contributed by atoms with Crippen LogP contribution in [0, 0.1) is 0 Å². The summed E-state index contributed by atoms with van der Waals surface area (Å²) in [6.45, 7) is 3.53. The first-order chi connectivity index (χ1) is 5.70. The van der Waals surface area contributed by atoms with Crippen molar-refractivity contribution in [3.63, 3.8) is 0 Å². The van der Waals surface area contributed by atoms with Crippen molar-refractivity contribution >= 4 is 17.3 Å². The van der Waals surface area contributed by atoms with Gasteiger partial charge in [-0.05, 0) is 11.6 Å². The van der Waals surface area contributed by atoms with Crippen molar-refractivity contribution in [3.8, 4) is 0 Å². The van der Waals surface area contributed by atoms with Crippen LogP contribution in [0.4, 0.5) is 0 Å². The standard InChI is InChI=1S/C10H10ClN/c1-8(11)7-10(12)9-5-3-2-4-6-9/h2-7H,1,12H2. The van der Waals surface area contributed by atoms with Crippen LogP contribution in [0.2, 0.25) is 0 Å². The van der Waals surface area contributed by atoms with Gasteiger partial charge in [0.2, 0.25) is 0 Å². The summed E-state index contributed by atoms with van der Waals surface area (Å²) in [5.74, 6) is 0. The average molecular weight is 180 g/mol. The zero-order chi connectivity index (χ0) is 8.97. The summed E-state index contributed by atoms with van der Waals surface area (Å²) < 4.78 is 0. The fraction of sp³-hybridized carbons (Fsp3) is 0. The largest absolute Gasteiger partial charge is 0.398 e. The zero-order valence-corrected chi connectivity index (χ0v) is 7.38. The molecule has 0 saturated heterocycles. The van der Waals surface area contributed by atoms with Gasteiger partial charge in [-0.2, -0.15) is 0 Å². The Morgan fingerprint density at radius 2 is 1.92 bits per heavy atom. The molecule has 62 valence electrons. The summed E-state index contributed by atoms with van der Waals surface area (Å²) in [4.78, 5) is 0. The van der Waals surface area contributed by atoms with Crippen LogP contribution in [0.25, 0.3) is 5.70 Å². The lowest BCUT2D eigenvalue weighted by Gasteiger charge is -1.99. The third-order valence-electron chi connectivity index (χ3n) is 1.42. The van der Waals surface area contributed by atoms with Gasteiger partial charge in [0.25, 0.3) is 0 Å². The van der Waals surface area contributed by atoms with Crippen LogP contribution in [0.5, 0.6) is 0 Å². The van der Waals surface area contributed by atoms with E-state index in [1.165, 1.54) is 0 Å². The monoisotopic (exact) mass is 179 g/mol. The molecule has 1 rings (SSSR count). The summed E-state index contributed by atoms with van der Waals surface area (Å²) in [6.07, 6.45) is 1.64. The first-order valence-corrected chi connectivity index (χ1v) is 3.95. The molecule has 0 unspecified atom stereocenters. The third-order valence-corrected chi connectivity index (χ3v) is 1.53. The Hall–Kier alpha value is -1.21. The summed E-state index contributed by atoms with van der Waals surface area (Å²) in [7, 11) is 0. The molecule has 0 amide bonds. The van der Waals surface area contributed by atoms with Gasteiger partial charge in [-0.1, -0.05) is 48.5 Å². The number of allylic oxidation sites excluding steroid dienone is 2. The molecule has 1 nitrogen and oxygen atoms in total. The quantitative estimate of drug-likeness (QED) is 0.695. The van der Waals surface area contributed by atoms with Gasteiger partial charge in [0.05, 0.1) is 0 Å². The summed E-state index contributed by atoms with van der Waals surface area (Å²) in [6, 6.07) is 9.63. The van der Waals surface area contributed by atoms with Gasteiger partial charge in [-0.15, -0.1) is 0 Å². The van der Waals surface area contributed by atoms with E-state index in [9.17, 15) is 0 Å². The van der Waals surface area contributed by atoms with Crippen LogP contribution in [0.3, 0.4) is 0 Å². The zero-order valence-electron chi connectivity index (χ0n) is 6.63. The average Bonchev–Trinajstić information content (AvgIpc) is 2.05. The molecule has 0 spiro atoms. The topological polar surface area (TPSA) is 26.0 Å². The van der Waals surface area contributed by atoms with E-state index in [0.717, 1.165) is 5.56 Å². The molecule has 2 N–H and O–H groups in total. The molecule has 2 heteroatoms. The Morgan fingerprint density at radius 3 is 2.42 bits per heavy atom. The van der Waals surface area contributed by atoms with Gasteiger partial charge in [-0.3, -0.25) is 0 Å². The highest BCUT2D eigenvalue weighted by Crippen LogP contribution is 2.11. The third kappa shape index (κ3) is 2.44. The van der Waals surface area contributed by atoms with Crippen molar-refractivity contribution in [1.82, 2.24) is 0 Å². The van der Waals surface area contributed by atoms with E-state index in [4.69, 9.17) is 17.3 Å². The van der Waals surface area contributed by atoms with Crippen molar-refractivity contribution in [2.24, 2.45) is 5.73 Å². The first-order valence-electron chi connectivity index (χ1n) is 3.57. The summed E-state index contributed by atoms with van der Waals surface area (Å²) >= 11 is 5.57. The van der Waals surface area contributed by atoms with E-state index in [1.807, 2.05) is 30.3 Å². The molecule has 0 aromatic heterocycles. The second-order valence-corrected chi connectivity index (χ2v) is 2.90. The van der Waals surface area contributed by atoms with Gasteiger partial charge in [0, 0.05) is 10.7 Å². The molecule has 0 atom stereocenters. The molecule has 0 radical (unpaired) electrons.